The van der Waals surface area contributed by atoms with Gasteiger partial charge in [-0.2, -0.15) is 13.2 Å². The fourth-order valence-electron chi connectivity index (χ4n) is 2.93. The topological polar surface area (TPSA) is 77.4 Å². The number of amides is 1. The molecular formula is C17H21F3N2O4. The quantitative estimate of drug-likeness (QED) is 0.801. The number of nitrogens with zero attached hydrogens (tertiary/aromatic N) is 1. The van der Waals surface area contributed by atoms with Crippen LogP contribution in [-0.2, 0) is 27.0 Å². The molecule has 1 fully saturated rings. The number of carbonyl (C=O) groups is 2. The Kier molecular flexibility index (Phi) is 6.44. The third kappa shape index (κ3) is 5.60. The summed E-state index contributed by atoms with van der Waals surface area (Å²) >= 11 is 0. The first-order valence-corrected chi connectivity index (χ1v) is 8.39. The highest BCUT2D eigenvalue weighted by molar-refractivity contribution is 5.80. The van der Waals surface area contributed by atoms with Crippen molar-refractivity contribution in [2.45, 2.75) is 51.4 Å². The third-order valence-electron chi connectivity index (χ3n) is 4.43. The van der Waals surface area contributed by atoms with Crippen LogP contribution < -0.4 is 10.9 Å². The molecule has 144 valence electrons. The highest BCUT2D eigenvalue weighted by atomic mass is 19.4. The average Bonchev–Trinajstić information content (AvgIpc) is 2.56. The standard InChI is InChI=1S/C17H21F3N2O4/c1-11-4-2-3-5-13(11)21-14(23)10-26-16(25)9-22-8-12(17(18,19)20)6-7-15(22)24/h6-8,11,13H,2-5,9-10H2,1H3,(H,21,23). The third-order valence-corrected chi connectivity index (χ3v) is 4.43. The number of rotatable bonds is 5. The largest absolute Gasteiger partial charge is 0.454 e. The van der Waals surface area contributed by atoms with Crippen LogP contribution in [0.1, 0.15) is 38.2 Å². The van der Waals surface area contributed by atoms with Gasteiger partial charge in [-0.15, -0.1) is 0 Å². The zero-order valence-corrected chi connectivity index (χ0v) is 14.3. The van der Waals surface area contributed by atoms with Crippen LogP contribution in [0.4, 0.5) is 13.2 Å². The lowest BCUT2D eigenvalue weighted by Gasteiger charge is -2.29. The van der Waals surface area contributed by atoms with E-state index in [1.807, 2.05) is 6.92 Å². The Hall–Kier alpha value is -2.32. The number of ether oxygens (including phenoxy) is 1. The van der Waals surface area contributed by atoms with E-state index in [0.717, 1.165) is 31.7 Å². The van der Waals surface area contributed by atoms with Crippen LogP contribution in [0.15, 0.2) is 23.1 Å². The summed E-state index contributed by atoms with van der Waals surface area (Å²) in [5.41, 5.74) is -1.82. The Bertz CT molecular complexity index is 715. The molecule has 26 heavy (non-hydrogen) atoms. The van der Waals surface area contributed by atoms with Crippen LogP contribution in [0.3, 0.4) is 0 Å². The van der Waals surface area contributed by atoms with Gasteiger partial charge in [-0.3, -0.25) is 14.4 Å². The molecular weight excluding hydrogens is 353 g/mol. The molecule has 1 aromatic rings. The number of esters is 1. The molecule has 0 aromatic carbocycles. The van der Waals surface area contributed by atoms with Crippen molar-refractivity contribution in [2.24, 2.45) is 5.92 Å². The molecule has 0 spiro atoms. The van der Waals surface area contributed by atoms with Gasteiger partial charge < -0.3 is 14.6 Å². The molecule has 0 bridgehead atoms. The van der Waals surface area contributed by atoms with Crippen LogP contribution in [0.25, 0.3) is 0 Å². The summed E-state index contributed by atoms with van der Waals surface area (Å²) in [6.45, 7) is 0.807. The number of hydrogen-bond acceptors (Lipinski definition) is 4. The number of alkyl halides is 3. The van der Waals surface area contributed by atoms with Gasteiger partial charge in [0.05, 0.1) is 5.56 Å². The van der Waals surface area contributed by atoms with E-state index in [2.05, 4.69) is 5.32 Å². The minimum Gasteiger partial charge on any atom is -0.454 e. The molecule has 2 unspecified atom stereocenters. The zero-order valence-electron chi connectivity index (χ0n) is 14.3. The molecule has 0 saturated heterocycles. The smallest absolute Gasteiger partial charge is 0.417 e. The van der Waals surface area contributed by atoms with Gasteiger partial charge in [-0.1, -0.05) is 19.8 Å². The Balaban J connectivity index is 1.87. The molecule has 1 aliphatic carbocycles. The molecule has 1 aromatic heterocycles. The number of halogens is 3. The number of pyridine rings is 1. The van der Waals surface area contributed by atoms with Crippen LogP contribution in [-0.4, -0.2) is 29.1 Å². The van der Waals surface area contributed by atoms with E-state index in [4.69, 9.17) is 4.74 Å². The van der Waals surface area contributed by atoms with E-state index < -0.39 is 42.3 Å². The summed E-state index contributed by atoms with van der Waals surface area (Å²) in [6.07, 6.45) is -0.0607. The number of carbonyl (C=O) groups excluding carboxylic acids is 2. The molecule has 6 nitrogen and oxygen atoms in total. The highest BCUT2D eigenvalue weighted by Gasteiger charge is 2.31. The second-order valence-electron chi connectivity index (χ2n) is 6.48. The van der Waals surface area contributed by atoms with Gasteiger partial charge in [0.25, 0.3) is 11.5 Å². The summed E-state index contributed by atoms with van der Waals surface area (Å²) < 4.78 is 43.4. The number of nitrogens with one attached hydrogen (secondary N) is 1. The Morgan fingerprint density at radius 3 is 2.62 bits per heavy atom. The van der Waals surface area contributed by atoms with Gasteiger partial charge in [0.15, 0.2) is 6.61 Å². The summed E-state index contributed by atoms with van der Waals surface area (Å²) in [4.78, 5) is 35.2. The molecule has 2 atom stereocenters. The Morgan fingerprint density at radius 1 is 1.27 bits per heavy atom. The Morgan fingerprint density at radius 2 is 1.96 bits per heavy atom. The lowest BCUT2D eigenvalue weighted by atomic mass is 9.86. The SMILES string of the molecule is CC1CCCCC1NC(=O)COC(=O)Cn1cc(C(F)(F)F)ccc1=O. The summed E-state index contributed by atoms with van der Waals surface area (Å²) in [5.74, 6) is -1.08. The lowest BCUT2D eigenvalue weighted by Crippen LogP contribution is -2.43. The maximum Gasteiger partial charge on any atom is 0.417 e. The highest BCUT2D eigenvalue weighted by Crippen LogP contribution is 2.28. The minimum absolute atomic E-state index is 0.0287. The first-order chi connectivity index (χ1) is 12.2. The second-order valence-corrected chi connectivity index (χ2v) is 6.48. The zero-order chi connectivity index (χ0) is 19.3. The molecule has 0 aliphatic heterocycles. The summed E-state index contributed by atoms with van der Waals surface area (Å²) in [5, 5.41) is 2.79. The van der Waals surface area contributed by atoms with Gasteiger partial charge in [0.2, 0.25) is 0 Å². The molecule has 9 heteroatoms. The van der Waals surface area contributed by atoms with E-state index in [-0.39, 0.29) is 6.04 Å². The van der Waals surface area contributed by atoms with E-state index >= 15 is 0 Å². The molecule has 0 radical (unpaired) electrons. The van der Waals surface area contributed by atoms with Crippen molar-refractivity contribution in [2.75, 3.05) is 6.61 Å². The fraction of sp³-hybridized carbons (Fsp3) is 0.588. The van der Waals surface area contributed by atoms with Crippen molar-refractivity contribution in [3.8, 4) is 0 Å². The van der Waals surface area contributed by atoms with Gasteiger partial charge in [-0.25, -0.2) is 0 Å². The van der Waals surface area contributed by atoms with E-state index in [1.54, 1.807) is 0 Å². The maximum atomic E-state index is 12.7. The first kappa shape index (κ1) is 20.0. The number of hydrogen-bond donors (Lipinski definition) is 1. The van der Waals surface area contributed by atoms with Gasteiger partial charge in [-0.05, 0) is 24.8 Å². The van der Waals surface area contributed by atoms with Crippen molar-refractivity contribution in [3.63, 3.8) is 0 Å². The molecule has 1 amide bonds. The van der Waals surface area contributed by atoms with Crippen molar-refractivity contribution in [1.29, 1.82) is 0 Å². The van der Waals surface area contributed by atoms with Crippen LogP contribution >= 0.6 is 0 Å². The lowest BCUT2D eigenvalue weighted by molar-refractivity contribution is -0.149. The first-order valence-electron chi connectivity index (χ1n) is 8.39. The van der Waals surface area contributed by atoms with Crippen molar-refractivity contribution in [1.82, 2.24) is 9.88 Å². The van der Waals surface area contributed by atoms with E-state index in [0.29, 0.717) is 22.7 Å². The number of aromatic nitrogens is 1. The second kappa shape index (κ2) is 8.37. The molecule has 2 rings (SSSR count). The van der Waals surface area contributed by atoms with Crippen LogP contribution in [0.5, 0.6) is 0 Å². The van der Waals surface area contributed by atoms with Crippen molar-refractivity contribution >= 4 is 11.9 Å². The summed E-state index contributed by atoms with van der Waals surface area (Å²) in [7, 11) is 0. The van der Waals surface area contributed by atoms with Gasteiger partial charge in [0, 0.05) is 18.3 Å². The maximum absolute atomic E-state index is 12.7. The molecule has 1 N–H and O–H groups in total. The van der Waals surface area contributed by atoms with E-state index in [9.17, 15) is 27.6 Å². The normalized spacial score (nSPS) is 20.5. The monoisotopic (exact) mass is 374 g/mol. The molecule has 1 saturated carbocycles. The van der Waals surface area contributed by atoms with Gasteiger partial charge >= 0.3 is 12.1 Å². The fourth-order valence-corrected chi connectivity index (χ4v) is 2.93. The van der Waals surface area contributed by atoms with Crippen molar-refractivity contribution < 1.29 is 27.5 Å². The van der Waals surface area contributed by atoms with Crippen LogP contribution in [0, 0.1) is 5.92 Å². The average molecular weight is 374 g/mol. The van der Waals surface area contributed by atoms with Crippen LogP contribution in [0.2, 0.25) is 0 Å². The van der Waals surface area contributed by atoms with E-state index in [1.165, 1.54) is 0 Å². The minimum atomic E-state index is -4.63. The Labute approximate surface area is 148 Å². The predicted molar refractivity (Wildman–Crippen MR) is 86.2 cm³/mol. The van der Waals surface area contributed by atoms with Crippen molar-refractivity contribution in [3.05, 3.63) is 34.2 Å². The van der Waals surface area contributed by atoms with Gasteiger partial charge in [0.1, 0.15) is 6.54 Å². The summed E-state index contributed by atoms with van der Waals surface area (Å²) in [6, 6.07) is 1.40. The molecule has 1 heterocycles. The molecule has 1 aliphatic rings. The predicted octanol–water partition coefficient (Wildman–Crippen LogP) is 2.11.